The van der Waals surface area contributed by atoms with Crippen LogP contribution in [0.5, 0.6) is 11.5 Å². The molecule has 1 aromatic heterocycles. The van der Waals surface area contributed by atoms with Gasteiger partial charge in [-0.3, -0.25) is 14.9 Å². The second-order valence-corrected chi connectivity index (χ2v) is 7.29. The molecule has 1 atom stereocenters. The number of benzene rings is 2. The van der Waals surface area contributed by atoms with Crippen molar-refractivity contribution in [2.45, 2.75) is 12.3 Å². The summed E-state index contributed by atoms with van der Waals surface area (Å²) in [5.74, 6) is 0.445. The molecule has 9 nitrogen and oxygen atoms in total. The van der Waals surface area contributed by atoms with Crippen molar-refractivity contribution >= 4 is 35.1 Å². The van der Waals surface area contributed by atoms with Gasteiger partial charge in [0.15, 0.2) is 11.5 Å². The third-order valence-corrected chi connectivity index (χ3v) is 5.17. The molecule has 1 saturated heterocycles. The molecule has 0 radical (unpaired) electrons. The first kappa shape index (κ1) is 20.7. The van der Waals surface area contributed by atoms with Crippen LogP contribution in [0, 0.1) is 0 Å². The van der Waals surface area contributed by atoms with Crippen molar-refractivity contribution < 1.29 is 23.5 Å². The number of nitrogens with one attached hydrogen (secondary N) is 1. The van der Waals surface area contributed by atoms with Crippen LogP contribution in [0.25, 0.3) is 0 Å². The molecule has 1 aliphatic heterocycles. The predicted molar refractivity (Wildman–Crippen MR) is 113 cm³/mol. The first-order chi connectivity index (χ1) is 15.0. The van der Waals surface area contributed by atoms with Crippen LogP contribution in [0.3, 0.4) is 0 Å². The van der Waals surface area contributed by atoms with E-state index in [9.17, 15) is 9.59 Å². The van der Waals surface area contributed by atoms with E-state index in [0.717, 1.165) is 5.69 Å². The number of amides is 2. The lowest BCUT2D eigenvalue weighted by molar-refractivity contribution is -0.117. The SMILES string of the molecule is COc1ccc(C(=O)Nc2nnc(C3CC(=O)N(c4ccc(Cl)cc4)C3)o2)cc1OC. The minimum atomic E-state index is -0.443. The molecule has 10 heteroatoms. The highest BCUT2D eigenvalue weighted by molar-refractivity contribution is 6.30. The van der Waals surface area contributed by atoms with Crippen LogP contribution in [-0.2, 0) is 4.79 Å². The van der Waals surface area contributed by atoms with Gasteiger partial charge in [0.05, 0.1) is 20.1 Å². The van der Waals surface area contributed by atoms with Gasteiger partial charge in [-0.05, 0) is 42.5 Å². The number of nitrogens with zero attached hydrogens (tertiary/aromatic N) is 3. The number of halogens is 1. The molecule has 1 fully saturated rings. The molecule has 4 rings (SSSR count). The van der Waals surface area contributed by atoms with Gasteiger partial charge in [0.1, 0.15) is 0 Å². The van der Waals surface area contributed by atoms with Crippen LogP contribution >= 0.6 is 11.6 Å². The summed E-state index contributed by atoms with van der Waals surface area (Å²) in [6, 6.07) is 11.7. The first-order valence-corrected chi connectivity index (χ1v) is 9.79. The zero-order valence-electron chi connectivity index (χ0n) is 16.8. The Balaban J connectivity index is 1.44. The van der Waals surface area contributed by atoms with Gasteiger partial charge in [-0.1, -0.05) is 16.7 Å². The minimum Gasteiger partial charge on any atom is -0.493 e. The quantitative estimate of drug-likeness (QED) is 0.622. The molecular formula is C21H19ClN4O5. The Morgan fingerprint density at radius 1 is 1.13 bits per heavy atom. The summed E-state index contributed by atoms with van der Waals surface area (Å²) in [7, 11) is 3.00. The Morgan fingerprint density at radius 2 is 1.87 bits per heavy atom. The molecular weight excluding hydrogens is 424 g/mol. The van der Waals surface area contributed by atoms with Gasteiger partial charge in [0, 0.05) is 29.2 Å². The fraction of sp³-hybridized carbons (Fsp3) is 0.238. The lowest BCUT2D eigenvalue weighted by Gasteiger charge is -2.16. The zero-order chi connectivity index (χ0) is 22.0. The maximum absolute atomic E-state index is 12.5. The maximum atomic E-state index is 12.5. The van der Waals surface area contributed by atoms with Crippen LogP contribution in [0.1, 0.15) is 28.6 Å². The van der Waals surface area contributed by atoms with E-state index < -0.39 is 5.91 Å². The van der Waals surface area contributed by atoms with E-state index in [4.69, 9.17) is 25.5 Å². The van der Waals surface area contributed by atoms with Crippen LogP contribution in [0.4, 0.5) is 11.7 Å². The third kappa shape index (κ3) is 4.31. The number of methoxy groups -OCH3 is 2. The number of carbonyl (C=O) groups excluding carboxylic acids is 2. The summed E-state index contributed by atoms with van der Waals surface area (Å²) in [5, 5.41) is 11.1. The monoisotopic (exact) mass is 442 g/mol. The topological polar surface area (TPSA) is 107 Å². The molecule has 160 valence electrons. The highest BCUT2D eigenvalue weighted by atomic mass is 35.5. The smallest absolute Gasteiger partial charge is 0.322 e. The number of anilines is 2. The summed E-state index contributed by atoms with van der Waals surface area (Å²) in [6.07, 6.45) is 0.230. The molecule has 0 saturated carbocycles. The van der Waals surface area contributed by atoms with Gasteiger partial charge in [0.25, 0.3) is 5.91 Å². The predicted octanol–water partition coefficient (Wildman–Crippen LogP) is 3.51. The van der Waals surface area contributed by atoms with Crippen molar-refractivity contribution in [3.05, 3.63) is 58.9 Å². The summed E-state index contributed by atoms with van der Waals surface area (Å²) in [4.78, 5) is 26.6. The van der Waals surface area contributed by atoms with E-state index in [-0.39, 0.29) is 30.2 Å². The Hall–Kier alpha value is -3.59. The Labute approximate surface area is 182 Å². The van der Waals surface area contributed by atoms with Crippen LogP contribution in [0.2, 0.25) is 5.02 Å². The number of carbonyl (C=O) groups is 2. The van der Waals surface area contributed by atoms with E-state index >= 15 is 0 Å². The molecule has 1 aliphatic rings. The fourth-order valence-electron chi connectivity index (χ4n) is 3.34. The van der Waals surface area contributed by atoms with Crippen molar-refractivity contribution in [3.8, 4) is 11.5 Å². The van der Waals surface area contributed by atoms with E-state index in [1.807, 2.05) is 0 Å². The lowest BCUT2D eigenvalue weighted by atomic mass is 10.1. The normalized spacial score (nSPS) is 15.8. The van der Waals surface area contributed by atoms with E-state index in [1.165, 1.54) is 14.2 Å². The highest BCUT2D eigenvalue weighted by Gasteiger charge is 2.35. The van der Waals surface area contributed by atoms with Crippen molar-refractivity contribution in [2.24, 2.45) is 0 Å². The number of hydrogen-bond donors (Lipinski definition) is 1. The standard InChI is InChI=1S/C21H19ClN4O5/c1-29-16-8-3-12(9-17(16)30-2)19(28)23-21-25-24-20(31-21)13-10-18(27)26(11-13)15-6-4-14(22)5-7-15/h3-9,13H,10-11H2,1-2H3,(H,23,25,28). The summed E-state index contributed by atoms with van der Waals surface area (Å²) < 4.78 is 16.0. The highest BCUT2D eigenvalue weighted by Crippen LogP contribution is 2.32. The Morgan fingerprint density at radius 3 is 2.58 bits per heavy atom. The van der Waals surface area contributed by atoms with E-state index in [2.05, 4.69) is 15.5 Å². The average Bonchev–Trinajstić information content (AvgIpc) is 3.40. The molecule has 0 aliphatic carbocycles. The molecule has 2 aromatic carbocycles. The van der Waals surface area contributed by atoms with Crippen molar-refractivity contribution in [3.63, 3.8) is 0 Å². The van der Waals surface area contributed by atoms with Crippen LogP contribution in [0.15, 0.2) is 46.9 Å². The molecule has 1 N–H and O–H groups in total. The van der Waals surface area contributed by atoms with Crippen LogP contribution < -0.4 is 19.7 Å². The van der Waals surface area contributed by atoms with Crippen molar-refractivity contribution in [1.82, 2.24) is 10.2 Å². The fourth-order valence-corrected chi connectivity index (χ4v) is 3.47. The summed E-state index contributed by atoms with van der Waals surface area (Å²) in [5.41, 5.74) is 1.08. The number of rotatable bonds is 6. The molecule has 31 heavy (non-hydrogen) atoms. The Kier molecular flexibility index (Phi) is 5.77. The third-order valence-electron chi connectivity index (χ3n) is 4.92. The molecule has 2 amide bonds. The van der Waals surface area contributed by atoms with Gasteiger partial charge in [-0.15, -0.1) is 5.10 Å². The minimum absolute atomic E-state index is 0.0489. The van der Waals surface area contributed by atoms with E-state index in [0.29, 0.717) is 28.6 Å². The molecule has 2 heterocycles. The largest absolute Gasteiger partial charge is 0.493 e. The summed E-state index contributed by atoms with van der Waals surface area (Å²) >= 11 is 5.92. The lowest BCUT2D eigenvalue weighted by Crippen LogP contribution is -2.24. The summed E-state index contributed by atoms with van der Waals surface area (Å²) in [6.45, 7) is 0.395. The van der Waals surface area contributed by atoms with Gasteiger partial charge in [0.2, 0.25) is 11.8 Å². The van der Waals surface area contributed by atoms with Gasteiger partial charge in [-0.25, -0.2) is 0 Å². The number of hydrogen-bond acceptors (Lipinski definition) is 7. The molecule has 0 bridgehead atoms. The van der Waals surface area contributed by atoms with Crippen molar-refractivity contribution in [1.29, 1.82) is 0 Å². The van der Waals surface area contributed by atoms with E-state index in [1.54, 1.807) is 47.4 Å². The molecule has 0 spiro atoms. The second-order valence-electron chi connectivity index (χ2n) is 6.85. The van der Waals surface area contributed by atoms with Crippen LogP contribution in [-0.4, -0.2) is 42.8 Å². The maximum Gasteiger partial charge on any atom is 0.322 e. The van der Waals surface area contributed by atoms with Gasteiger partial charge in [-0.2, -0.15) is 0 Å². The number of aromatic nitrogens is 2. The number of ether oxygens (including phenoxy) is 2. The average molecular weight is 443 g/mol. The second kappa shape index (κ2) is 8.65. The van der Waals surface area contributed by atoms with Crippen molar-refractivity contribution in [2.75, 3.05) is 31.0 Å². The first-order valence-electron chi connectivity index (χ1n) is 9.41. The Bertz CT molecular complexity index is 1120. The molecule has 1 unspecified atom stereocenters. The van der Waals surface area contributed by atoms with Gasteiger partial charge < -0.3 is 18.8 Å². The van der Waals surface area contributed by atoms with Gasteiger partial charge >= 0.3 is 6.01 Å². The molecule has 3 aromatic rings. The zero-order valence-corrected chi connectivity index (χ0v) is 17.5.